The summed E-state index contributed by atoms with van der Waals surface area (Å²) in [7, 11) is 0. The molecule has 0 aromatic heterocycles. The van der Waals surface area contributed by atoms with Crippen molar-refractivity contribution in [1.29, 1.82) is 0 Å². The van der Waals surface area contributed by atoms with Crippen molar-refractivity contribution in [3.8, 4) is 5.75 Å². The molecule has 0 spiro atoms. The first-order valence-corrected chi connectivity index (χ1v) is 7.28. The van der Waals surface area contributed by atoms with Gasteiger partial charge in [0.05, 0.1) is 11.4 Å². The molecule has 0 fully saturated rings. The second-order valence-electron chi connectivity index (χ2n) is 5.45. The van der Waals surface area contributed by atoms with Crippen LogP contribution in [0.4, 0.5) is 0 Å². The molecular weight excluding hydrogens is 303 g/mol. The Kier molecular flexibility index (Phi) is 5.85. The van der Waals surface area contributed by atoms with Gasteiger partial charge >= 0.3 is 51.4 Å². The summed E-state index contributed by atoms with van der Waals surface area (Å²) in [4.78, 5) is 11.9. The Morgan fingerprint density at radius 2 is 2.09 bits per heavy atom. The summed E-state index contributed by atoms with van der Waals surface area (Å²) in [6.07, 6.45) is 9.50. The van der Waals surface area contributed by atoms with Crippen LogP contribution in [0.3, 0.4) is 0 Å². The van der Waals surface area contributed by atoms with Gasteiger partial charge in [-0.15, -0.1) is 0 Å². The van der Waals surface area contributed by atoms with Crippen molar-refractivity contribution in [2.75, 3.05) is 0 Å². The third-order valence-corrected chi connectivity index (χ3v) is 4.10. The number of rotatable bonds is 4. The van der Waals surface area contributed by atoms with E-state index >= 15 is 0 Å². The molecule has 4 heteroatoms. The first kappa shape index (κ1) is 17.7. The van der Waals surface area contributed by atoms with Gasteiger partial charge in [-0.2, -0.15) is 0 Å². The standard InChI is InChI=1S/C18H18O3.K/c1-2-3-10-18(17(19)20)11-6-9-16-14(18)12-13-7-4-5-8-15(13)21-16;/h4-9,11-12H,2-3,10H2,1H3,(H,19,20);/q;+1/p-1. The zero-order valence-electron chi connectivity index (χ0n) is 13.0. The second-order valence-corrected chi connectivity index (χ2v) is 5.45. The summed E-state index contributed by atoms with van der Waals surface area (Å²) in [6.45, 7) is 2.05. The number of allylic oxidation sites excluding steroid dienone is 3. The number of carboxylic acids is 1. The van der Waals surface area contributed by atoms with Crippen LogP contribution in [-0.4, -0.2) is 5.97 Å². The minimum Gasteiger partial charge on any atom is -0.549 e. The number of carbonyl (C=O) groups is 1. The van der Waals surface area contributed by atoms with Crippen LogP contribution in [0.2, 0.25) is 0 Å². The number of aliphatic carboxylic acids is 1. The minimum atomic E-state index is -1.09. The van der Waals surface area contributed by atoms with E-state index in [9.17, 15) is 9.90 Å². The van der Waals surface area contributed by atoms with E-state index in [-0.39, 0.29) is 51.4 Å². The van der Waals surface area contributed by atoms with Crippen LogP contribution in [0.1, 0.15) is 31.7 Å². The summed E-state index contributed by atoms with van der Waals surface area (Å²) in [6, 6.07) is 7.63. The van der Waals surface area contributed by atoms with Crippen LogP contribution in [0.5, 0.6) is 5.75 Å². The molecule has 0 saturated heterocycles. The number of para-hydroxylation sites is 1. The fraction of sp³-hybridized carbons (Fsp3) is 0.278. The molecule has 2 aliphatic rings. The van der Waals surface area contributed by atoms with Gasteiger partial charge in [-0.25, -0.2) is 0 Å². The quantitative estimate of drug-likeness (QED) is 0.725. The Morgan fingerprint density at radius 1 is 1.32 bits per heavy atom. The molecule has 1 atom stereocenters. The van der Waals surface area contributed by atoms with Gasteiger partial charge in [0.1, 0.15) is 11.5 Å². The van der Waals surface area contributed by atoms with E-state index in [2.05, 4.69) is 0 Å². The maximum atomic E-state index is 11.9. The Bertz CT molecular complexity index is 673. The number of ether oxygens (including phenoxy) is 1. The van der Waals surface area contributed by atoms with Crippen molar-refractivity contribution in [1.82, 2.24) is 0 Å². The van der Waals surface area contributed by atoms with Gasteiger partial charge in [0, 0.05) is 11.1 Å². The van der Waals surface area contributed by atoms with E-state index in [0.29, 0.717) is 17.8 Å². The third-order valence-electron chi connectivity index (χ3n) is 4.10. The Labute approximate surface area is 173 Å². The monoisotopic (exact) mass is 320 g/mol. The molecule has 1 aromatic carbocycles. The predicted octanol–water partition coefficient (Wildman–Crippen LogP) is -0.153. The van der Waals surface area contributed by atoms with Crippen molar-refractivity contribution in [2.45, 2.75) is 26.2 Å². The molecule has 3 nitrogen and oxygen atoms in total. The van der Waals surface area contributed by atoms with Crippen LogP contribution in [-0.2, 0) is 4.79 Å². The van der Waals surface area contributed by atoms with Crippen molar-refractivity contribution in [3.63, 3.8) is 0 Å². The van der Waals surface area contributed by atoms with E-state index in [0.717, 1.165) is 24.2 Å². The molecule has 22 heavy (non-hydrogen) atoms. The largest absolute Gasteiger partial charge is 1.00 e. The van der Waals surface area contributed by atoms with Crippen LogP contribution < -0.4 is 61.2 Å². The van der Waals surface area contributed by atoms with Crippen LogP contribution in [0.25, 0.3) is 6.08 Å². The smallest absolute Gasteiger partial charge is 0.549 e. The molecule has 0 saturated carbocycles. The number of hydrogen-bond acceptors (Lipinski definition) is 3. The van der Waals surface area contributed by atoms with Gasteiger partial charge in [0.25, 0.3) is 0 Å². The minimum absolute atomic E-state index is 0. The molecular formula is C18H17KO3. The van der Waals surface area contributed by atoms with Crippen LogP contribution in [0.15, 0.2) is 53.8 Å². The average Bonchev–Trinajstić information content (AvgIpc) is 2.50. The van der Waals surface area contributed by atoms with E-state index in [1.165, 1.54) is 0 Å². The van der Waals surface area contributed by atoms with E-state index in [4.69, 9.17) is 4.74 Å². The second kappa shape index (κ2) is 7.28. The molecule has 3 rings (SSSR count). The Hall–Kier alpha value is -0.654. The fourth-order valence-corrected chi connectivity index (χ4v) is 2.91. The molecule has 108 valence electrons. The summed E-state index contributed by atoms with van der Waals surface area (Å²) >= 11 is 0. The van der Waals surface area contributed by atoms with Gasteiger partial charge in [-0.3, -0.25) is 0 Å². The maximum Gasteiger partial charge on any atom is 1.00 e. The van der Waals surface area contributed by atoms with Gasteiger partial charge in [-0.05, 0) is 24.6 Å². The molecule has 1 aromatic rings. The van der Waals surface area contributed by atoms with E-state index < -0.39 is 11.4 Å². The molecule has 0 N–H and O–H groups in total. The van der Waals surface area contributed by atoms with Gasteiger partial charge < -0.3 is 14.6 Å². The molecule has 1 aliphatic heterocycles. The molecule has 1 heterocycles. The van der Waals surface area contributed by atoms with Crippen LogP contribution in [0, 0.1) is 5.41 Å². The molecule has 0 radical (unpaired) electrons. The molecule has 1 unspecified atom stereocenters. The summed E-state index contributed by atoms with van der Waals surface area (Å²) < 4.78 is 5.87. The van der Waals surface area contributed by atoms with Crippen LogP contribution >= 0.6 is 0 Å². The summed E-state index contributed by atoms with van der Waals surface area (Å²) in [5.74, 6) is 0.300. The molecule has 1 aliphatic carbocycles. The van der Waals surface area contributed by atoms with E-state index in [1.807, 2.05) is 43.3 Å². The topological polar surface area (TPSA) is 49.4 Å². The predicted molar refractivity (Wildman–Crippen MR) is 79.2 cm³/mol. The number of carbonyl (C=O) groups excluding carboxylic acids is 1. The third kappa shape index (κ3) is 3.03. The van der Waals surface area contributed by atoms with Crippen molar-refractivity contribution in [3.05, 3.63) is 59.4 Å². The van der Waals surface area contributed by atoms with Gasteiger partial charge in [0.15, 0.2) is 0 Å². The van der Waals surface area contributed by atoms with Crippen molar-refractivity contribution < 1.29 is 66.0 Å². The first-order valence-electron chi connectivity index (χ1n) is 7.28. The number of fused-ring (bicyclic) bond motifs is 2. The van der Waals surface area contributed by atoms with E-state index in [1.54, 1.807) is 12.2 Å². The normalized spacial score (nSPS) is 21.5. The summed E-state index contributed by atoms with van der Waals surface area (Å²) in [5.41, 5.74) is 0.507. The van der Waals surface area contributed by atoms with Crippen molar-refractivity contribution in [2.24, 2.45) is 5.41 Å². The number of unbranched alkanes of at least 4 members (excludes halogenated alkanes) is 1. The molecule has 0 amide bonds. The number of benzene rings is 1. The fourth-order valence-electron chi connectivity index (χ4n) is 2.91. The summed E-state index contributed by atoms with van der Waals surface area (Å²) in [5, 5.41) is 11.9. The Morgan fingerprint density at radius 3 is 2.82 bits per heavy atom. The number of hydrogen-bond donors (Lipinski definition) is 0. The van der Waals surface area contributed by atoms with Gasteiger partial charge in [0.2, 0.25) is 0 Å². The van der Waals surface area contributed by atoms with Gasteiger partial charge in [-0.1, -0.05) is 50.1 Å². The maximum absolute atomic E-state index is 11.9. The van der Waals surface area contributed by atoms with Crippen molar-refractivity contribution >= 4 is 12.0 Å². The average molecular weight is 320 g/mol. The molecule has 0 bridgehead atoms. The first-order chi connectivity index (χ1) is 10.2. The number of carboxylic acid groups (broad SMARTS) is 1. The SMILES string of the molecule is CCCCC1(C(=O)[O-])C=CC=C2Oc3ccccc3C=C21.[K+]. The zero-order chi connectivity index (χ0) is 14.9. The zero-order valence-corrected chi connectivity index (χ0v) is 16.1. The Balaban J connectivity index is 0.00000176.